The Bertz CT molecular complexity index is 1020. The molecule has 156 valence electrons. The Morgan fingerprint density at radius 1 is 1.10 bits per heavy atom. The molecule has 9 heteroatoms. The van der Waals surface area contributed by atoms with E-state index in [4.69, 9.17) is 4.74 Å². The van der Waals surface area contributed by atoms with Gasteiger partial charge in [0.25, 0.3) is 0 Å². The summed E-state index contributed by atoms with van der Waals surface area (Å²) in [6.07, 6.45) is 0.645. The zero-order chi connectivity index (χ0) is 21.2. The van der Waals surface area contributed by atoms with E-state index in [9.17, 15) is 22.0 Å². The molecule has 2 aromatic carbocycles. The van der Waals surface area contributed by atoms with Crippen LogP contribution in [-0.2, 0) is 14.8 Å². The second kappa shape index (κ2) is 8.46. The topological polar surface area (TPSA) is 75.7 Å². The van der Waals surface area contributed by atoms with Gasteiger partial charge in [-0.2, -0.15) is 4.31 Å². The third kappa shape index (κ3) is 4.56. The maximum Gasteiger partial charge on any atom is 0.246 e. The molecule has 1 fully saturated rings. The van der Waals surface area contributed by atoms with E-state index in [-0.39, 0.29) is 35.3 Å². The van der Waals surface area contributed by atoms with Crippen LogP contribution in [0.15, 0.2) is 41.3 Å². The van der Waals surface area contributed by atoms with E-state index in [1.54, 1.807) is 25.1 Å². The summed E-state index contributed by atoms with van der Waals surface area (Å²) in [7, 11) is -2.35. The summed E-state index contributed by atoms with van der Waals surface area (Å²) >= 11 is 0. The molecule has 1 saturated heterocycles. The van der Waals surface area contributed by atoms with Crippen molar-refractivity contribution in [3.63, 3.8) is 0 Å². The third-order valence-electron chi connectivity index (χ3n) is 4.95. The standard InChI is InChI=1S/C20H22F2N2O4S/c1-13-3-6-18(28-2)19(11-13)29(26,27)24-9-7-14(8-10-24)20(25)23-15-4-5-16(21)17(22)12-15/h3-6,11-12,14H,7-10H2,1-2H3,(H,23,25). The molecular formula is C20H22F2N2O4S. The van der Waals surface area contributed by atoms with Crippen molar-refractivity contribution in [1.82, 2.24) is 4.31 Å². The predicted molar refractivity (Wildman–Crippen MR) is 104 cm³/mol. The highest BCUT2D eigenvalue weighted by molar-refractivity contribution is 7.89. The summed E-state index contributed by atoms with van der Waals surface area (Å²) in [4.78, 5) is 12.5. The summed E-state index contributed by atoms with van der Waals surface area (Å²) < 4.78 is 58.9. The average Bonchev–Trinajstić information content (AvgIpc) is 2.70. The Labute approximate surface area is 168 Å². The van der Waals surface area contributed by atoms with Gasteiger partial charge < -0.3 is 10.1 Å². The maximum atomic E-state index is 13.3. The second-order valence-electron chi connectivity index (χ2n) is 6.95. The number of rotatable bonds is 5. The van der Waals surface area contributed by atoms with Crippen molar-refractivity contribution in [3.05, 3.63) is 53.6 Å². The molecule has 6 nitrogen and oxygen atoms in total. The zero-order valence-electron chi connectivity index (χ0n) is 16.1. The van der Waals surface area contributed by atoms with Crippen LogP contribution in [0.25, 0.3) is 0 Å². The van der Waals surface area contributed by atoms with Gasteiger partial charge in [-0.15, -0.1) is 0 Å². The number of nitrogens with one attached hydrogen (secondary N) is 1. The van der Waals surface area contributed by atoms with Gasteiger partial charge in [0, 0.05) is 30.8 Å². The molecule has 3 rings (SSSR count). The zero-order valence-corrected chi connectivity index (χ0v) is 16.9. The highest BCUT2D eigenvalue weighted by Gasteiger charge is 2.33. The van der Waals surface area contributed by atoms with Gasteiger partial charge in [0.1, 0.15) is 10.6 Å². The molecular weight excluding hydrogens is 402 g/mol. The van der Waals surface area contributed by atoms with Crippen molar-refractivity contribution in [3.8, 4) is 5.75 Å². The van der Waals surface area contributed by atoms with Gasteiger partial charge in [-0.25, -0.2) is 17.2 Å². The van der Waals surface area contributed by atoms with E-state index in [0.717, 1.165) is 17.7 Å². The highest BCUT2D eigenvalue weighted by atomic mass is 32.2. The number of carbonyl (C=O) groups is 1. The number of nitrogens with zero attached hydrogens (tertiary/aromatic N) is 1. The first-order valence-electron chi connectivity index (χ1n) is 9.13. The van der Waals surface area contributed by atoms with Gasteiger partial charge in [0.05, 0.1) is 7.11 Å². The first kappa shape index (κ1) is 21.2. The minimum absolute atomic E-state index is 0.102. The molecule has 0 atom stereocenters. The molecule has 1 aliphatic rings. The SMILES string of the molecule is COc1ccc(C)cc1S(=O)(=O)N1CCC(C(=O)Nc2ccc(F)c(F)c2)CC1. The van der Waals surface area contributed by atoms with Gasteiger partial charge in [0.2, 0.25) is 15.9 Å². The molecule has 29 heavy (non-hydrogen) atoms. The molecule has 0 bridgehead atoms. The van der Waals surface area contributed by atoms with Crippen LogP contribution >= 0.6 is 0 Å². The van der Waals surface area contributed by atoms with Crippen molar-refractivity contribution in [1.29, 1.82) is 0 Å². The summed E-state index contributed by atoms with van der Waals surface area (Å²) in [5, 5.41) is 2.56. The van der Waals surface area contributed by atoms with Crippen molar-refractivity contribution in [2.75, 3.05) is 25.5 Å². The lowest BCUT2D eigenvalue weighted by atomic mass is 9.97. The van der Waals surface area contributed by atoms with E-state index in [1.807, 2.05) is 0 Å². The molecule has 1 aliphatic heterocycles. The van der Waals surface area contributed by atoms with E-state index in [1.165, 1.54) is 17.5 Å². The summed E-state index contributed by atoms with van der Waals surface area (Å²) in [5.41, 5.74) is 0.957. The monoisotopic (exact) mass is 424 g/mol. The number of piperidine rings is 1. The minimum atomic E-state index is -3.76. The van der Waals surface area contributed by atoms with Gasteiger partial charge in [0.15, 0.2) is 11.6 Å². The fourth-order valence-corrected chi connectivity index (χ4v) is 5.01. The Morgan fingerprint density at radius 2 is 1.79 bits per heavy atom. The molecule has 1 amide bonds. The number of sulfonamides is 1. The van der Waals surface area contributed by atoms with E-state index >= 15 is 0 Å². The van der Waals surface area contributed by atoms with Gasteiger partial charge >= 0.3 is 0 Å². The van der Waals surface area contributed by atoms with Crippen molar-refractivity contribution in [2.24, 2.45) is 5.92 Å². The first-order chi connectivity index (χ1) is 13.7. The number of aryl methyl sites for hydroxylation is 1. The minimum Gasteiger partial charge on any atom is -0.495 e. The Morgan fingerprint density at radius 3 is 2.41 bits per heavy atom. The summed E-state index contributed by atoms with van der Waals surface area (Å²) in [6, 6.07) is 8.08. The number of hydrogen-bond acceptors (Lipinski definition) is 4. The normalized spacial score (nSPS) is 15.9. The molecule has 0 radical (unpaired) electrons. The van der Waals surface area contributed by atoms with E-state index in [0.29, 0.717) is 12.8 Å². The number of amides is 1. The van der Waals surface area contributed by atoms with Crippen LogP contribution in [0.3, 0.4) is 0 Å². The summed E-state index contributed by atoms with van der Waals surface area (Å²) in [6.45, 7) is 2.15. The Kier molecular flexibility index (Phi) is 6.18. The van der Waals surface area contributed by atoms with Crippen LogP contribution in [-0.4, -0.2) is 38.8 Å². The van der Waals surface area contributed by atoms with Gasteiger partial charge in [-0.1, -0.05) is 6.07 Å². The molecule has 0 aromatic heterocycles. The third-order valence-corrected chi connectivity index (χ3v) is 6.87. The smallest absolute Gasteiger partial charge is 0.246 e. The quantitative estimate of drug-likeness (QED) is 0.799. The number of halogens is 2. The Balaban J connectivity index is 1.67. The predicted octanol–water partition coefficient (Wildman–Crippen LogP) is 3.32. The largest absolute Gasteiger partial charge is 0.495 e. The number of carbonyl (C=O) groups excluding carboxylic acids is 1. The number of methoxy groups -OCH3 is 1. The number of hydrogen-bond donors (Lipinski definition) is 1. The van der Waals surface area contributed by atoms with Crippen LogP contribution < -0.4 is 10.1 Å². The lowest BCUT2D eigenvalue weighted by Gasteiger charge is -2.31. The number of benzene rings is 2. The van der Waals surface area contributed by atoms with Crippen molar-refractivity contribution < 1.29 is 26.7 Å². The molecule has 0 saturated carbocycles. The van der Waals surface area contributed by atoms with Crippen LogP contribution in [0.1, 0.15) is 18.4 Å². The first-order valence-corrected chi connectivity index (χ1v) is 10.6. The van der Waals surface area contributed by atoms with Crippen molar-refractivity contribution in [2.45, 2.75) is 24.7 Å². The van der Waals surface area contributed by atoms with Crippen LogP contribution in [0, 0.1) is 24.5 Å². The van der Waals surface area contributed by atoms with Crippen LogP contribution in [0.4, 0.5) is 14.5 Å². The van der Waals surface area contributed by atoms with E-state index in [2.05, 4.69) is 5.32 Å². The Hall–Kier alpha value is -2.52. The van der Waals surface area contributed by atoms with Crippen LogP contribution in [0.5, 0.6) is 5.75 Å². The molecule has 1 heterocycles. The highest BCUT2D eigenvalue weighted by Crippen LogP contribution is 2.31. The number of anilines is 1. The maximum absolute atomic E-state index is 13.3. The summed E-state index contributed by atoms with van der Waals surface area (Å²) in [5.74, 6) is -2.53. The van der Waals surface area contributed by atoms with Crippen LogP contribution in [0.2, 0.25) is 0 Å². The molecule has 0 spiro atoms. The van der Waals surface area contributed by atoms with E-state index < -0.39 is 27.6 Å². The van der Waals surface area contributed by atoms with Gasteiger partial charge in [-0.3, -0.25) is 4.79 Å². The average molecular weight is 424 g/mol. The fourth-order valence-electron chi connectivity index (χ4n) is 3.30. The number of ether oxygens (including phenoxy) is 1. The molecule has 1 N–H and O–H groups in total. The lowest BCUT2D eigenvalue weighted by Crippen LogP contribution is -2.41. The molecule has 0 aliphatic carbocycles. The van der Waals surface area contributed by atoms with Gasteiger partial charge in [-0.05, 0) is 49.6 Å². The lowest BCUT2D eigenvalue weighted by molar-refractivity contribution is -0.120. The fraction of sp³-hybridized carbons (Fsp3) is 0.350. The molecule has 2 aromatic rings. The van der Waals surface area contributed by atoms with Crippen molar-refractivity contribution >= 4 is 21.6 Å². The molecule has 0 unspecified atom stereocenters. The second-order valence-corrected chi connectivity index (χ2v) is 8.86.